The first-order chi connectivity index (χ1) is 17.8. The van der Waals surface area contributed by atoms with E-state index in [9.17, 15) is 9.59 Å². The fourth-order valence-electron chi connectivity index (χ4n) is 3.96. The van der Waals surface area contributed by atoms with E-state index in [-0.39, 0.29) is 17.3 Å². The zero-order chi connectivity index (χ0) is 26.1. The van der Waals surface area contributed by atoms with E-state index in [4.69, 9.17) is 28.3 Å². The second-order valence-electron chi connectivity index (χ2n) is 8.08. The molecule has 0 unspecified atom stereocenters. The molecule has 186 valence electrons. The first-order valence-corrected chi connectivity index (χ1v) is 11.6. The van der Waals surface area contributed by atoms with Gasteiger partial charge >= 0.3 is 6.09 Å². The minimum atomic E-state index is -1.15. The van der Waals surface area contributed by atoms with Gasteiger partial charge in [0.15, 0.2) is 5.15 Å². The van der Waals surface area contributed by atoms with E-state index in [2.05, 4.69) is 30.8 Å². The third-order valence-electron chi connectivity index (χ3n) is 5.64. The highest BCUT2D eigenvalue weighted by Crippen LogP contribution is 2.30. The van der Waals surface area contributed by atoms with Gasteiger partial charge < -0.3 is 14.7 Å². The number of rotatable bonds is 6. The molecule has 37 heavy (non-hydrogen) atoms. The number of aromatic amines is 1. The van der Waals surface area contributed by atoms with Gasteiger partial charge in [-0.15, -0.1) is 5.10 Å². The van der Waals surface area contributed by atoms with Crippen LogP contribution in [0.4, 0.5) is 10.5 Å². The van der Waals surface area contributed by atoms with Crippen molar-refractivity contribution >= 4 is 35.0 Å². The average molecular weight is 537 g/mol. The minimum Gasteiger partial charge on any atom is -0.465 e. The lowest BCUT2D eigenvalue weighted by molar-refractivity contribution is 0.209. The number of carbonyl (C=O) groups is 1. The molecule has 0 bridgehead atoms. The van der Waals surface area contributed by atoms with E-state index < -0.39 is 6.09 Å². The van der Waals surface area contributed by atoms with Crippen LogP contribution < -0.4 is 10.9 Å². The van der Waals surface area contributed by atoms with Crippen LogP contribution in [0.5, 0.6) is 0 Å². The minimum absolute atomic E-state index is 0.165. The molecule has 11 nitrogen and oxygen atoms in total. The number of tetrazole rings is 1. The second-order valence-corrected chi connectivity index (χ2v) is 8.88. The summed E-state index contributed by atoms with van der Waals surface area (Å²) < 4.78 is 3.08. The molecule has 3 aromatic heterocycles. The van der Waals surface area contributed by atoms with E-state index in [0.717, 1.165) is 5.56 Å². The summed E-state index contributed by atoms with van der Waals surface area (Å²) in [6.45, 7) is 1.99. The maximum atomic E-state index is 13.2. The number of benzene rings is 2. The summed E-state index contributed by atoms with van der Waals surface area (Å²) in [5.41, 5.74) is 4.21. The molecule has 0 saturated carbocycles. The van der Waals surface area contributed by atoms with Gasteiger partial charge in [-0.3, -0.25) is 10.1 Å². The van der Waals surface area contributed by atoms with Crippen molar-refractivity contribution < 1.29 is 9.90 Å². The van der Waals surface area contributed by atoms with Gasteiger partial charge in [0, 0.05) is 33.6 Å². The lowest BCUT2D eigenvalue weighted by Gasteiger charge is -2.13. The summed E-state index contributed by atoms with van der Waals surface area (Å²) in [6.07, 6.45) is 0.318. The predicted octanol–water partition coefficient (Wildman–Crippen LogP) is 4.63. The monoisotopic (exact) mass is 536 g/mol. The van der Waals surface area contributed by atoms with Gasteiger partial charge in [-0.25, -0.2) is 9.78 Å². The van der Waals surface area contributed by atoms with Crippen molar-refractivity contribution in [2.75, 3.05) is 5.32 Å². The van der Waals surface area contributed by atoms with Crippen molar-refractivity contribution in [2.45, 2.75) is 13.5 Å². The summed E-state index contributed by atoms with van der Waals surface area (Å²) in [6, 6.07) is 15.3. The van der Waals surface area contributed by atoms with Crippen LogP contribution in [0.1, 0.15) is 11.5 Å². The Balaban J connectivity index is 1.45. The predicted molar refractivity (Wildman–Crippen MR) is 138 cm³/mol. The number of imidazole rings is 1. The number of anilines is 1. The van der Waals surface area contributed by atoms with Gasteiger partial charge in [0.25, 0.3) is 5.56 Å². The molecule has 1 amide bonds. The Morgan fingerprint density at radius 3 is 2.54 bits per heavy atom. The summed E-state index contributed by atoms with van der Waals surface area (Å²) in [7, 11) is 0. The Morgan fingerprint density at radius 1 is 1.08 bits per heavy atom. The Labute approximate surface area is 219 Å². The van der Waals surface area contributed by atoms with Crippen LogP contribution in [-0.4, -0.2) is 45.9 Å². The second kappa shape index (κ2) is 9.88. The number of amides is 1. The largest absolute Gasteiger partial charge is 0.465 e. The topological polar surface area (TPSA) is 144 Å². The molecule has 0 spiro atoms. The Kier molecular flexibility index (Phi) is 6.47. The van der Waals surface area contributed by atoms with Crippen molar-refractivity contribution in [1.29, 1.82) is 0 Å². The van der Waals surface area contributed by atoms with E-state index in [1.807, 2.05) is 13.0 Å². The van der Waals surface area contributed by atoms with Crippen LogP contribution >= 0.6 is 23.2 Å². The van der Waals surface area contributed by atoms with Crippen molar-refractivity contribution in [2.24, 2.45) is 0 Å². The molecule has 0 saturated heterocycles. The number of halogens is 2. The van der Waals surface area contributed by atoms with Crippen LogP contribution in [0.15, 0.2) is 65.7 Å². The molecule has 0 atom stereocenters. The van der Waals surface area contributed by atoms with Gasteiger partial charge in [-0.2, -0.15) is 4.68 Å². The van der Waals surface area contributed by atoms with Crippen molar-refractivity contribution in [3.8, 4) is 28.1 Å². The smallest absolute Gasteiger partial charge is 0.409 e. The van der Waals surface area contributed by atoms with E-state index >= 15 is 0 Å². The number of carboxylic acid groups (broad SMARTS) is 1. The lowest BCUT2D eigenvalue weighted by Crippen LogP contribution is -2.23. The first-order valence-electron chi connectivity index (χ1n) is 10.9. The molecule has 0 aliphatic carbocycles. The number of aromatic nitrogens is 7. The van der Waals surface area contributed by atoms with Crippen LogP contribution in [0.3, 0.4) is 0 Å². The third-order valence-corrected chi connectivity index (χ3v) is 6.15. The lowest BCUT2D eigenvalue weighted by atomic mass is 10.0. The number of pyridine rings is 1. The molecule has 0 fully saturated rings. The number of nitrogens with zero attached hydrogens (tertiary/aromatic N) is 6. The van der Waals surface area contributed by atoms with Gasteiger partial charge in [-0.1, -0.05) is 35.3 Å². The van der Waals surface area contributed by atoms with Gasteiger partial charge in [-0.05, 0) is 59.3 Å². The molecule has 3 N–H and O–H groups in total. The number of nitrogens with one attached hydrogen (secondary N) is 2. The Hall–Kier alpha value is -4.48. The van der Waals surface area contributed by atoms with E-state index in [0.29, 0.717) is 44.7 Å². The zero-order valence-corrected chi connectivity index (χ0v) is 20.7. The SMILES string of the molecule is Cc1cc(-c2cc(Cl)ccc2-n2cnnn2)cc(=O)n1Cc1nc(Cl)c(-c2ccc(NC(=O)O)cc2)[nH]1. The van der Waals surface area contributed by atoms with Crippen molar-refractivity contribution in [3.05, 3.63) is 93.0 Å². The molecular formula is C24H18Cl2N8O3. The molecule has 5 rings (SSSR count). The zero-order valence-electron chi connectivity index (χ0n) is 19.2. The molecule has 2 aromatic carbocycles. The Morgan fingerprint density at radius 2 is 1.86 bits per heavy atom. The van der Waals surface area contributed by atoms with Gasteiger partial charge in [0.05, 0.1) is 17.9 Å². The van der Waals surface area contributed by atoms with Crippen LogP contribution in [0.25, 0.3) is 28.1 Å². The fourth-order valence-corrected chi connectivity index (χ4v) is 4.39. The van der Waals surface area contributed by atoms with E-state index in [1.54, 1.807) is 47.0 Å². The molecule has 3 heterocycles. The molecule has 13 heteroatoms. The number of aryl methyl sites for hydroxylation is 1. The molecule has 0 radical (unpaired) electrons. The molecule has 0 aliphatic heterocycles. The first kappa shape index (κ1) is 24.2. The summed E-state index contributed by atoms with van der Waals surface area (Å²) in [4.78, 5) is 31.5. The molecule has 0 aliphatic rings. The Bertz CT molecular complexity index is 1660. The highest BCUT2D eigenvalue weighted by Gasteiger charge is 2.15. The van der Waals surface area contributed by atoms with Gasteiger partial charge in [0.2, 0.25) is 0 Å². The van der Waals surface area contributed by atoms with Crippen molar-refractivity contribution in [3.63, 3.8) is 0 Å². The molecular weight excluding hydrogens is 519 g/mol. The number of H-pyrrole nitrogens is 1. The quantitative estimate of drug-likeness (QED) is 0.286. The van der Waals surface area contributed by atoms with Crippen molar-refractivity contribution in [1.82, 2.24) is 34.7 Å². The molecule has 5 aromatic rings. The average Bonchev–Trinajstić information content (AvgIpc) is 3.51. The van der Waals surface area contributed by atoms with Crippen LogP contribution in [0.2, 0.25) is 10.2 Å². The fraction of sp³-hybridized carbons (Fsp3) is 0.0833. The summed E-state index contributed by atoms with van der Waals surface area (Å²) in [5.74, 6) is 0.489. The standard InChI is InChI=1S/C24H18Cl2N8O3/c1-13-8-15(18-10-16(25)4-7-19(18)34-12-27-31-32-34)9-21(35)33(13)11-20-29-22(23(26)30-20)14-2-5-17(6-3-14)28-24(36)37/h2-10,12,28H,11H2,1H3,(H,29,30)(H,36,37). The van der Waals surface area contributed by atoms with Crippen LogP contribution in [0, 0.1) is 6.92 Å². The summed E-state index contributed by atoms with van der Waals surface area (Å²) in [5, 5.41) is 23.2. The highest BCUT2D eigenvalue weighted by molar-refractivity contribution is 6.32. The maximum Gasteiger partial charge on any atom is 0.409 e. The normalized spacial score (nSPS) is 11.0. The van der Waals surface area contributed by atoms with E-state index in [1.165, 1.54) is 17.1 Å². The van der Waals surface area contributed by atoms with Crippen LogP contribution in [-0.2, 0) is 6.54 Å². The number of hydrogen-bond donors (Lipinski definition) is 3. The third kappa shape index (κ3) is 5.08. The number of hydrogen-bond acceptors (Lipinski definition) is 6. The summed E-state index contributed by atoms with van der Waals surface area (Å²) >= 11 is 12.6. The van der Waals surface area contributed by atoms with Gasteiger partial charge in [0.1, 0.15) is 12.2 Å². The maximum absolute atomic E-state index is 13.2. The highest BCUT2D eigenvalue weighted by atomic mass is 35.5.